The molecule has 2 N–H and O–H groups in total. The lowest BCUT2D eigenvalue weighted by atomic mass is 9.94. The Hall–Kier alpha value is -3.40. The average Bonchev–Trinajstić information content (AvgIpc) is 2.83. The Bertz CT molecular complexity index is 1210. The van der Waals surface area contributed by atoms with Crippen molar-refractivity contribution in [3.63, 3.8) is 0 Å². The topological polar surface area (TPSA) is 105 Å². The summed E-state index contributed by atoms with van der Waals surface area (Å²) >= 11 is 0. The van der Waals surface area contributed by atoms with Gasteiger partial charge in [0.15, 0.2) is 0 Å². The number of hydroxylamine groups is 1. The van der Waals surface area contributed by atoms with Crippen LogP contribution < -0.4 is 15.0 Å². The van der Waals surface area contributed by atoms with Gasteiger partial charge in [-0.1, -0.05) is 24.3 Å². The van der Waals surface area contributed by atoms with Crippen molar-refractivity contribution < 1.29 is 27.9 Å². The minimum Gasteiger partial charge on any atom is -0.497 e. The molecule has 0 fully saturated rings. The molecule has 4 rings (SSSR count). The summed E-state index contributed by atoms with van der Waals surface area (Å²) < 4.78 is 38.7. The first-order chi connectivity index (χ1) is 15.4. The number of nitrogens with zero attached hydrogens (tertiary/aromatic N) is 1. The summed E-state index contributed by atoms with van der Waals surface area (Å²) in [6, 6.07) is 18.9. The Kier molecular flexibility index (Phi) is 6.13. The molecule has 1 amide bonds. The fourth-order valence-electron chi connectivity index (χ4n) is 3.73. The molecular weight excluding hydrogens is 432 g/mol. The molecule has 1 heterocycles. The van der Waals surface area contributed by atoms with Crippen molar-refractivity contribution in [3.05, 3.63) is 83.9 Å². The fourth-order valence-corrected chi connectivity index (χ4v) is 5.30. The molecule has 0 saturated heterocycles. The average molecular weight is 455 g/mol. The monoisotopic (exact) mass is 454 g/mol. The zero-order valence-corrected chi connectivity index (χ0v) is 18.1. The number of carbonyl (C=O) groups excluding carboxylic acids is 1. The van der Waals surface area contributed by atoms with Gasteiger partial charge in [0, 0.05) is 6.54 Å². The van der Waals surface area contributed by atoms with Gasteiger partial charge >= 0.3 is 0 Å². The minimum atomic E-state index is -4.02. The highest BCUT2D eigenvalue weighted by Crippen LogP contribution is 2.35. The Labute approximate surface area is 186 Å². The van der Waals surface area contributed by atoms with Crippen LogP contribution in [0.3, 0.4) is 0 Å². The van der Waals surface area contributed by atoms with Crippen molar-refractivity contribution in [3.8, 4) is 17.2 Å². The van der Waals surface area contributed by atoms with E-state index in [1.54, 1.807) is 61.1 Å². The number of methoxy groups -OCH3 is 1. The van der Waals surface area contributed by atoms with E-state index in [4.69, 9.17) is 9.47 Å². The second kappa shape index (κ2) is 8.99. The Morgan fingerprint density at radius 1 is 0.969 bits per heavy atom. The van der Waals surface area contributed by atoms with E-state index < -0.39 is 22.0 Å². The summed E-state index contributed by atoms with van der Waals surface area (Å²) in [5.74, 6) is 0.931. The maximum Gasteiger partial charge on any atom is 0.266 e. The van der Waals surface area contributed by atoms with Gasteiger partial charge in [-0.05, 0) is 66.1 Å². The largest absolute Gasteiger partial charge is 0.497 e. The highest BCUT2D eigenvalue weighted by Gasteiger charge is 2.40. The van der Waals surface area contributed by atoms with Crippen molar-refractivity contribution in [2.45, 2.75) is 17.4 Å². The molecule has 0 spiro atoms. The minimum absolute atomic E-state index is 0.0229. The van der Waals surface area contributed by atoms with E-state index in [1.165, 1.54) is 12.1 Å². The summed E-state index contributed by atoms with van der Waals surface area (Å²) in [4.78, 5) is 12.4. The van der Waals surface area contributed by atoms with Crippen LogP contribution in [-0.4, -0.2) is 37.5 Å². The number of ether oxygens (including phenoxy) is 2. The maximum atomic E-state index is 13.4. The summed E-state index contributed by atoms with van der Waals surface area (Å²) in [7, 11) is -2.44. The Morgan fingerprint density at radius 3 is 2.19 bits per heavy atom. The number of carbonyl (C=O) groups is 1. The maximum absolute atomic E-state index is 13.4. The molecule has 0 bridgehead atoms. The van der Waals surface area contributed by atoms with Crippen molar-refractivity contribution in [2.24, 2.45) is 0 Å². The molecule has 32 heavy (non-hydrogen) atoms. The van der Waals surface area contributed by atoms with Crippen molar-refractivity contribution >= 4 is 15.9 Å². The SMILES string of the molecule is COc1ccc(Oc2ccc(S(=O)(=O)N3CCc4ccccc4[C@@H]3C(=O)NO)cc2)cc1. The second-order valence-electron chi connectivity index (χ2n) is 7.19. The normalized spacial score (nSPS) is 16.1. The number of nitrogens with one attached hydrogen (secondary N) is 1. The first-order valence-corrected chi connectivity index (χ1v) is 11.3. The number of hydrogen-bond acceptors (Lipinski definition) is 6. The molecule has 0 radical (unpaired) electrons. The lowest BCUT2D eigenvalue weighted by Crippen LogP contribution is -2.46. The van der Waals surface area contributed by atoms with Crippen molar-refractivity contribution in [2.75, 3.05) is 13.7 Å². The summed E-state index contributed by atoms with van der Waals surface area (Å²) in [6.07, 6.45) is 0.462. The molecule has 3 aromatic rings. The van der Waals surface area contributed by atoms with Crippen LogP contribution in [-0.2, 0) is 21.2 Å². The molecule has 1 aliphatic heterocycles. The predicted octanol–water partition coefficient (Wildman–Crippen LogP) is 3.28. The van der Waals surface area contributed by atoms with Gasteiger partial charge in [-0.2, -0.15) is 4.31 Å². The van der Waals surface area contributed by atoms with Crippen LogP contribution in [0.5, 0.6) is 17.2 Å². The van der Waals surface area contributed by atoms with Crippen LogP contribution in [0.2, 0.25) is 0 Å². The summed E-state index contributed by atoms with van der Waals surface area (Å²) in [6.45, 7) is 0.113. The van der Waals surface area contributed by atoms with E-state index in [9.17, 15) is 18.4 Å². The van der Waals surface area contributed by atoms with Crippen LogP contribution in [0.1, 0.15) is 17.2 Å². The van der Waals surface area contributed by atoms with Gasteiger partial charge in [-0.3, -0.25) is 10.0 Å². The number of fused-ring (bicyclic) bond motifs is 1. The van der Waals surface area contributed by atoms with E-state index in [-0.39, 0.29) is 11.4 Å². The molecule has 0 aromatic heterocycles. The van der Waals surface area contributed by atoms with Gasteiger partial charge in [0.2, 0.25) is 10.0 Å². The molecule has 166 valence electrons. The third kappa shape index (κ3) is 4.18. The first kappa shape index (κ1) is 21.8. The molecule has 8 nitrogen and oxygen atoms in total. The summed E-state index contributed by atoms with van der Waals surface area (Å²) in [5.41, 5.74) is 3.02. The third-order valence-corrected chi connectivity index (χ3v) is 7.20. The van der Waals surface area contributed by atoms with E-state index in [0.717, 1.165) is 9.87 Å². The predicted molar refractivity (Wildman–Crippen MR) is 116 cm³/mol. The molecule has 9 heteroatoms. The van der Waals surface area contributed by atoms with Gasteiger partial charge < -0.3 is 9.47 Å². The zero-order valence-electron chi connectivity index (χ0n) is 17.3. The molecule has 0 aliphatic carbocycles. The molecular formula is C23H22N2O6S. The van der Waals surface area contributed by atoms with Crippen LogP contribution in [0.4, 0.5) is 0 Å². The molecule has 0 unspecified atom stereocenters. The Morgan fingerprint density at radius 2 is 1.56 bits per heavy atom. The van der Waals surface area contributed by atoms with Crippen molar-refractivity contribution in [1.82, 2.24) is 9.79 Å². The van der Waals surface area contributed by atoms with E-state index in [2.05, 4.69) is 0 Å². The standard InChI is InChI=1S/C23H22N2O6S/c1-30-17-6-8-18(9-7-17)31-19-10-12-20(13-11-19)32(28,29)25-15-14-16-4-2-3-5-21(16)22(25)23(26)24-27/h2-13,22,27H,14-15H2,1H3,(H,24,26)/t22-/m1/s1. The zero-order chi connectivity index (χ0) is 22.7. The fraction of sp³-hybridized carbons (Fsp3) is 0.174. The highest BCUT2D eigenvalue weighted by atomic mass is 32.2. The number of sulfonamides is 1. The quantitative estimate of drug-likeness (QED) is 0.438. The van der Waals surface area contributed by atoms with Crippen LogP contribution in [0, 0.1) is 0 Å². The van der Waals surface area contributed by atoms with E-state index in [1.807, 2.05) is 12.1 Å². The lowest BCUT2D eigenvalue weighted by molar-refractivity contribution is -0.133. The van der Waals surface area contributed by atoms with Gasteiger partial charge in [-0.15, -0.1) is 0 Å². The van der Waals surface area contributed by atoms with Gasteiger partial charge in [0.05, 0.1) is 12.0 Å². The molecule has 1 atom stereocenters. The third-order valence-electron chi connectivity index (χ3n) is 5.32. The van der Waals surface area contributed by atoms with Crippen molar-refractivity contribution in [1.29, 1.82) is 0 Å². The smallest absolute Gasteiger partial charge is 0.266 e. The Balaban J connectivity index is 1.60. The first-order valence-electron chi connectivity index (χ1n) is 9.89. The van der Waals surface area contributed by atoms with Crippen LogP contribution >= 0.6 is 0 Å². The molecule has 3 aromatic carbocycles. The number of benzene rings is 3. The molecule has 0 saturated carbocycles. The van der Waals surface area contributed by atoms with Gasteiger partial charge in [0.1, 0.15) is 23.3 Å². The van der Waals surface area contributed by atoms with Crippen LogP contribution in [0.15, 0.2) is 77.7 Å². The number of rotatable bonds is 6. The van der Waals surface area contributed by atoms with Gasteiger partial charge in [0.25, 0.3) is 5.91 Å². The van der Waals surface area contributed by atoms with Gasteiger partial charge in [-0.25, -0.2) is 13.9 Å². The number of amides is 1. The van der Waals surface area contributed by atoms with E-state index >= 15 is 0 Å². The van der Waals surface area contributed by atoms with Crippen LogP contribution in [0.25, 0.3) is 0 Å². The lowest BCUT2D eigenvalue weighted by Gasteiger charge is -2.34. The summed E-state index contributed by atoms with van der Waals surface area (Å²) in [5, 5.41) is 9.23. The molecule has 1 aliphatic rings. The number of hydrogen-bond donors (Lipinski definition) is 2. The van der Waals surface area contributed by atoms with E-state index in [0.29, 0.717) is 29.2 Å². The second-order valence-corrected chi connectivity index (χ2v) is 9.08. The highest BCUT2D eigenvalue weighted by molar-refractivity contribution is 7.89.